The van der Waals surface area contributed by atoms with Crippen LogP contribution in [0.4, 0.5) is 0 Å². The van der Waals surface area contributed by atoms with Gasteiger partial charge in [0.15, 0.2) is 11.3 Å². The van der Waals surface area contributed by atoms with Gasteiger partial charge in [-0.3, -0.25) is 4.79 Å². The van der Waals surface area contributed by atoms with Crippen LogP contribution in [0.2, 0.25) is 0 Å². The maximum Gasteiger partial charge on any atom is 0.341 e. The molecule has 0 saturated carbocycles. The highest BCUT2D eigenvalue weighted by Crippen LogP contribution is 2.41. The maximum absolute atomic E-state index is 12.8. The fraction of sp³-hybridized carbons (Fsp3) is 0.227. The van der Waals surface area contributed by atoms with Crippen molar-refractivity contribution in [1.82, 2.24) is 0 Å². The Bertz CT molecular complexity index is 897. The van der Waals surface area contributed by atoms with Gasteiger partial charge in [-0.1, -0.05) is 54.6 Å². The third-order valence-electron chi connectivity index (χ3n) is 4.73. The molecule has 132 valence electrons. The first-order chi connectivity index (χ1) is 12.3. The summed E-state index contributed by atoms with van der Waals surface area (Å²) < 4.78 is 5.48. The van der Waals surface area contributed by atoms with Crippen LogP contribution in [0.5, 0.6) is 0 Å². The van der Waals surface area contributed by atoms with Gasteiger partial charge < -0.3 is 4.74 Å². The first-order valence-corrected chi connectivity index (χ1v) is 8.47. The highest BCUT2D eigenvalue weighted by Gasteiger charge is 2.50. The van der Waals surface area contributed by atoms with Crippen LogP contribution in [0.3, 0.4) is 0 Å². The van der Waals surface area contributed by atoms with Crippen LogP contribution in [-0.2, 0) is 14.3 Å². The third-order valence-corrected chi connectivity index (χ3v) is 4.73. The van der Waals surface area contributed by atoms with E-state index in [2.05, 4.69) is 11.6 Å². The van der Waals surface area contributed by atoms with Crippen LogP contribution < -0.4 is 0 Å². The second-order valence-corrected chi connectivity index (χ2v) is 6.75. The van der Waals surface area contributed by atoms with Crippen molar-refractivity contribution in [2.45, 2.75) is 32.2 Å². The number of ether oxygens (including phenoxy) is 1. The number of Topliss-reactive ketones (excluding diaryl/α,β-unsaturated/α-hetero) is 1. The SMILES string of the molecule is C=C(C(C)=O)[C@@H](c1ccc(C)cc1)[C@]1(C)N=C(c2ccccc2)OC1=O. The molecule has 2 atom stereocenters. The average Bonchev–Trinajstić information content (AvgIpc) is 2.93. The normalized spacial score (nSPS) is 20.3. The summed E-state index contributed by atoms with van der Waals surface area (Å²) in [6.45, 7) is 9.08. The van der Waals surface area contributed by atoms with Gasteiger partial charge in [-0.2, -0.15) is 0 Å². The van der Waals surface area contributed by atoms with E-state index in [4.69, 9.17) is 4.74 Å². The van der Waals surface area contributed by atoms with Gasteiger partial charge in [0.05, 0.1) is 0 Å². The van der Waals surface area contributed by atoms with Gasteiger partial charge >= 0.3 is 5.97 Å². The lowest BCUT2D eigenvalue weighted by molar-refractivity contribution is -0.138. The summed E-state index contributed by atoms with van der Waals surface area (Å²) in [6.07, 6.45) is 0. The lowest BCUT2D eigenvalue weighted by Crippen LogP contribution is -2.39. The van der Waals surface area contributed by atoms with Crippen LogP contribution in [-0.4, -0.2) is 23.2 Å². The maximum atomic E-state index is 12.8. The molecule has 4 heteroatoms. The zero-order chi connectivity index (χ0) is 18.9. The molecule has 1 aliphatic rings. The fourth-order valence-electron chi connectivity index (χ4n) is 3.18. The van der Waals surface area contributed by atoms with Crippen LogP contribution >= 0.6 is 0 Å². The van der Waals surface area contributed by atoms with E-state index >= 15 is 0 Å². The Balaban J connectivity index is 2.11. The molecule has 0 amide bonds. The Morgan fingerprint density at radius 2 is 1.73 bits per heavy atom. The molecule has 2 aromatic carbocycles. The zero-order valence-corrected chi connectivity index (χ0v) is 15.2. The fourth-order valence-corrected chi connectivity index (χ4v) is 3.18. The summed E-state index contributed by atoms with van der Waals surface area (Å²) >= 11 is 0. The highest BCUT2D eigenvalue weighted by atomic mass is 16.6. The van der Waals surface area contributed by atoms with Crippen molar-refractivity contribution < 1.29 is 14.3 Å². The van der Waals surface area contributed by atoms with Gasteiger partial charge in [-0.25, -0.2) is 9.79 Å². The smallest absolute Gasteiger partial charge is 0.341 e. The molecular weight excluding hydrogens is 326 g/mol. The average molecular weight is 347 g/mol. The van der Waals surface area contributed by atoms with Crippen LogP contribution in [0.15, 0.2) is 71.7 Å². The number of carbonyl (C=O) groups is 2. The minimum atomic E-state index is -1.25. The Hall–Kier alpha value is -3.01. The van der Waals surface area contributed by atoms with E-state index in [1.54, 1.807) is 6.92 Å². The zero-order valence-electron chi connectivity index (χ0n) is 15.2. The van der Waals surface area contributed by atoms with Crippen molar-refractivity contribution in [3.8, 4) is 0 Å². The molecule has 1 aliphatic heterocycles. The Labute approximate surface area is 153 Å². The van der Waals surface area contributed by atoms with Gasteiger partial charge in [0.2, 0.25) is 5.90 Å². The van der Waals surface area contributed by atoms with E-state index in [-0.39, 0.29) is 11.7 Å². The summed E-state index contributed by atoms with van der Waals surface area (Å²) in [5.74, 6) is -0.974. The van der Waals surface area contributed by atoms with E-state index in [1.165, 1.54) is 6.92 Å². The summed E-state index contributed by atoms with van der Waals surface area (Å²) in [7, 11) is 0. The van der Waals surface area contributed by atoms with Gasteiger partial charge in [0.1, 0.15) is 0 Å². The molecule has 4 nitrogen and oxygen atoms in total. The molecule has 26 heavy (non-hydrogen) atoms. The van der Waals surface area contributed by atoms with E-state index in [1.807, 2.05) is 61.5 Å². The Morgan fingerprint density at radius 3 is 2.31 bits per heavy atom. The number of hydrogen-bond acceptors (Lipinski definition) is 4. The molecule has 0 unspecified atom stereocenters. The van der Waals surface area contributed by atoms with E-state index < -0.39 is 17.4 Å². The number of cyclic esters (lactones) is 1. The number of nitrogens with zero attached hydrogens (tertiary/aromatic N) is 1. The predicted octanol–water partition coefficient (Wildman–Crippen LogP) is 3.99. The van der Waals surface area contributed by atoms with Crippen molar-refractivity contribution in [3.63, 3.8) is 0 Å². The second kappa shape index (κ2) is 6.71. The summed E-state index contributed by atoms with van der Waals surface area (Å²) in [6, 6.07) is 17.0. The quantitative estimate of drug-likeness (QED) is 0.607. The number of benzene rings is 2. The molecule has 0 N–H and O–H groups in total. The number of carbonyl (C=O) groups excluding carboxylic acids is 2. The minimum absolute atomic E-state index is 0.173. The molecule has 0 bridgehead atoms. The van der Waals surface area contributed by atoms with E-state index in [9.17, 15) is 9.59 Å². The van der Waals surface area contributed by atoms with Crippen LogP contribution in [0.1, 0.15) is 36.5 Å². The molecule has 1 heterocycles. The molecule has 0 aliphatic carbocycles. The topological polar surface area (TPSA) is 55.7 Å². The third kappa shape index (κ3) is 3.10. The molecule has 0 fully saturated rings. The summed E-state index contributed by atoms with van der Waals surface area (Å²) in [5, 5.41) is 0. The van der Waals surface area contributed by atoms with Crippen LogP contribution in [0.25, 0.3) is 0 Å². The largest absolute Gasteiger partial charge is 0.405 e. The van der Waals surface area contributed by atoms with Gasteiger partial charge in [0, 0.05) is 11.5 Å². The lowest BCUT2D eigenvalue weighted by Gasteiger charge is -2.29. The molecule has 0 radical (unpaired) electrons. The van der Waals surface area contributed by atoms with E-state index in [0.29, 0.717) is 5.57 Å². The molecular formula is C22H21NO3. The van der Waals surface area contributed by atoms with E-state index in [0.717, 1.165) is 16.7 Å². The first-order valence-electron chi connectivity index (χ1n) is 8.47. The molecule has 3 rings (SSSR count). The number of esters is 1. The lowest BCUT2D eigenvalue weighted by atomic mass is 9.75. The summed E-state index contributed by atoms with van der Waals surface area (Å²) in [4.78, 5) is 29.5. The predicted molar refractivity (Wildman–Crippen MR) is 101 cm³/mol. The minimum Gasteiger partial charge on any atom is -0.405 e. The molecule has 0 spiro atoms. The summed E-state index contributed by atoms with van der Waals surface area (Å²) in [5.41, 5.74) is 1.72. The van der Waals surface area contributed by atoms with Crippen molar-refractivity contribution in [1.29, 1.82) is 0 Å². The number of rotatable bonds is 5. The van der Waals surface area contributed by atoms with Crippen molar-refractivity contribution in [2.24, 2.45) is 4.99 Å². The number of aliphatic imine (C=N–C) groups is 1. The molecule has 0 aromatic heterocycles. The molecule has 0 saturated heterocycles. The first kappa shape index (κ1) is 17.8. The molecule has 2 aromatic rings. The highest BCUT2D eigenvalue weighted by molar-refractivity contribution is 6.09. The van der Waals surface area contributed by atoms with Gasteiger partial charge in [-0.05, 0) is 44.0 Å². The standard InChI is InChI=1S/C22H21NO3/c1-14-10-12-17(13-11-14)19(15(2)16(3)24)22(4)21(25)26-20(23-22)18-8-6-5-7-9-18/h5-13,19H,2H2,1,3-4H3/t19-,22-/m0/s1. The Kier molecular flexibility index (Phi) is 4.60. The number of hydrogen-bond donors (Lipinski definition) is 0. The van der Waals surface area contributed by atoms with Crippen molar-refractivity contribution >= 4 is 17.7 Å². The monoisotopic (exact) mass is 347 g/mol. The van der Waals surface area contributed by atoms with Crippen molar-refractivity contribution in [2.75, 3.05) is 0 Å². The second-order valence-electron chi connectivity index (χ2n) is 6.75. The van der Waals surface area contributed by atoms with Gasteiger partial charge in [0.25, 0.3) is 0 Å². The Morgan fingerprint density at radius 1 is 1.12 bits per heavy atom. The number of aryl methyl sites for hydroxylation is 1. The van der Waals surface area contributed by atoms with Crippen molar-refractivity contribution in [3.05, 3.63) is 83.4 Å². The number of ketones is 1. The van der Waals surface area contributed by atoms with Gasteiger partial charge in [-0.15, -0.1) is 0 Å². The van der Waals surface area contributed by atoms with Crippen LogP contribution in [0, 0.1) is 6.92 Å².